The Labute approximate surface area is 163 Å². The summed E-state index contributed by atoms with van der Waals surface area (Å²) in [6.07, 6.45) is -5.10. The van der Waals surface area contributed by atoms with Gasteiger partial charge < -0.3 is 10.0 Å². The predicted molar refractivity (Wildman–Crippen MR) is 94.1 cm³/mol. The van der Waals surface area contributed by atoms with Crippen LogP contribution in [0.4, 0.5) is 17.6 Å². The van der Waals surface area contributed by atoms with E-state index in [9.17, 15) is 27.5 Å². The smallest absolute Gasteiger partial charge is 0.376 e. The maximum absolute atomic E-state index is 13.1. The number of nitrogens with one attached hydrogen (secondary N) is 1. The van der Waals surface area contributed by atoms with Gasteiger partial charge in [0.15, 0.2) is 5.82 Å². The Balaban J connectivity index is 1.43. The number of carbonyl (C=O) groups is 1. The van der Waals surface area contributed by atoms with Gasteiger partial charge in [-0.1, -0.05) is 0 Å². The number of carbonyl (C=O) groups excluding carboxylic acids is 1. The van der Waals surface area contributed by atoms with Crippen LogP contribution in [0.15, 0.2) is 24.3 Å². The van der Waals surface area contributed by atoms with E-state index in [1.54, 1.807) is 12.1 Å². The molecule has 0 spiro atoms. The first-order chi connectivity index (χ1) is 13.7. The number of alkyl halides is 3. The third kappa shape index (κ3) is 3.73. The number of piperidine rings is 1. The molecule has 2 fully saturated rings. The number of aromatic amines is 1. The maximum Gasteiger partial charge on any atom is 0.423 e. The number of hydrogen-bond donors (Lipinski definition) is 2. The van der Waals surface area contributed by atoms with Gasteiger partial charge in [0.1, 0.15) is 11.6 Å². The molecule has 2 aromatic rings. The van der Waals surface area contributed by atoms with E-state index in [4.69, 9.17) is 0 Å². The first kappa shape index (κ1) is 19.8. The SMILES string of the molecule is O=C([C@@H](O)C(F)(F)F)N1CCC(C2(c3nc(-c4ccc(F)cc4)n[nH]3)CC2)CC1. The number of aliphatic hydroxyl groups is 1. The monoisotopic (exact) mass is 412 g/mol. The Morgan fingerprint density at radius 2 is 1.83 bits per heavy atom. The fourth-order valence-electron chi connectivity index (χ4n) is 4.15. The molecule has 1 aromatic carbocycles. The summed E-state index contributed by atoms with van der Waals surface area (Å²) in [4.78, 5) is 17.5. The van der Waals surface area contributed by atoms with Crippen LogP contribution in [0.25, 0.3) is 11.4 Å². The standard InChI is InChI=1S/C19H20F4N4O2/c20-13-3-1-11(2-4-13)15-24-17(26-25-15)18(7-8-18)12-5-9-27(10-6-12)16(29)14(28)19(21,22)23/h1-4,12,14,28H,5-10H2,(H,24,25,26)/t14-/m1/s1. The normalized spacial score (nSPS) is 20.5. The number of rotatable bonds is 4. The van der Waals surface area contributed by atoms with E-state index in [1.807, 2.05) is 0 Å². The second-order valence-corrected chi connectivity index (χ2v) is 7.71. The number of aromatic nitrogens is 3. The Kier molecular flexibility index (Phi) is 4.84. The number of aliphatic hydroxyl groups excluding tert-OH is 1. The summed E-state index contributed by atoms with van der Waals surface area (Å²) in [5, 5.41) is 16.4. The van der Waals surface area contributed by atoms with Crippen LogP contribution in [-0.4, -0.2) is 56.5 Å². The predicted octanol–water partition coefficient (Wildman–Crippen LogP) is 2.80. The summed E-state index contributed by atoms with van der Waals surface area (Å²) in [6, 6.07) is 5.86. The minimum absolute atomic E-state index is 0.156. The zero-order valence-corrected chi connectivity index (χ0v) is 15.4. The molecule has 29 heavy (non-hydrogen) atoms. The molecule has 1 amide bonds. The van der Waals surface area contributed by atoms with Crippen LogP contribution < -0.4 is 0 Å². The largest absolute Gasteiger partial charge is 0.423 e. The first-order valence-corrected chi connectivity index (χ1v) is 9.43. The fourth-order valence-corrected chi connectivity index (χ4v) is 4.15. The van der Waals surface area contributed by atoms with Crippen LogP contribution in [0, 0.1) is 11.7 Å². The molecule has 2 heterocycles. The molecule has 1 saturated heterocycles. The number of likely N-dealkylation sites (tertiary alicyclic amines) is 1. The molecule has 2 aliphatic rings. The van der Waals surface area contributed by atoms with Gasteiger partial charge >= 0.3 is 6.18 Å². The van der Waals surface area contributed by atoms with E-state index in [0.29, 0.717) is 24.2 Å². The van der Waals surface area contributed by atoms with E-state index in [0.717, 1.165) is 23.6 Å². The average Bonchev–Trinajstić information content (AvgIpc) is 3.36. The second-order valence-electron chi connectivity index (χ2n) is 7.71. The number of nitrogens with zero attached hydrogens (tertiary/aromatic N) is 3. The van der Waals surface area contributed by atoms with Crippen LogP contribution in [0.2, 0.25) is 0 Å². The minimum atomic E-state index is -4.96. The highest BCUT2D eigenvalue weighted by Crippen LogP contribution is 2.55. The van der Waals surface area contributed by atoms with E-state index >= 15 is 0 Å². The molecule has 156 valence electrons. The van der Waals surface area contributed by atoms with E-state index in [2.05, 4.69) is 15.2 Å². The molecule has 1 atom stereocenters. The molecule has 4 rings (SSSR count). The lowest BCUT2D eigenvalue weighted by Crippen LogP contribution is -2.50. The molecule has 0 radical (unpaired) electrons. The quantitative estimate of drug-likeness (QED) is 0.757. The van der Waals surface area contributed by atoms with Gasteiger partial charge in [0.25, 0.3) is 5.91 Å². The Morgan fingerprint density at radius 3 is 2.38 bits per heavy atom. The average molecular weight is 412 g/mol. The van der Waals surface area contributed by atoms with Crippen LogP contribution in [0.1, 0.15) is 31.5 Å². The van der Waals surface area contributed by atoms with Gasteiger partial charge in [-0.25, -0.2) is 9.37 Å². The third-order valence-electron chi connectivity index (χ3n) is 5.98. The van der Waals surface area contributed by atoms with Crippen molar-refractivity contribution in [3.8, 4) is 11.4 Å². The molecule has 0 unspecified atom stereocenters. The van der Waals surface area contributed by atoms with Crippen molar-refractivity contribution in [3.05, 3.63) is 35.9 Å². The van der Waals surface area contributed by atoms with Gasteiger partial charge in [-0.3, -0.25) is 9.89 Å². The summed E-state index contributed by atoms with van der Waals surface area (Å²) in [7, 11) is 0. The number of amides is 1. The van der Waals surface area contributed by atoms with Crippen LogP contribution >= 0.6 is 0 Å². The van der Waals surface area contributed by atoms with Crippen LogP contribution in [0.3, 0.4) is 0 Å². The third-order valence-corrected chi connectivity index (χ3v) is 5.98. The topological polar surface area (TPSA) is 82.1 Å². The van der Waals surface area contributed by atoms with Crippen molar-refractivity contribution < 1.29 is 27.5 Å². The summed E-state index contributed by atoms with van der Waals surface area (Å²) in [5.74, 6) is -0.299. The number of hydrogen-bond acceptors (Lipinski definition) is 4. The van der Waals surface area contributed by atoms with Crippen molar-refractivity contribution in [2.45, 2.75) is 43.4 Å². The van der Waals surface area contributed by atoms with Crippen molar-refractivity contribution in [2.75, 3.05) is 13.1 Å². The zero-order chi connectivity index (χ0) is 20.8. The highest BCUT2D eigenvalue weighted by molar-refractivity contribution is 5.81. The maximum atomic E-state index is 13.1. The van der Waals surface area contributed by atoms with E-state index in [1.165, 1.54) is 12.1 Å². The Hall–Kier alpha value is -2.49. The molecule has 1 saturated carbocycles. The highest BCUT2D eigenvalue weighted by atomic mass is 19.4. The van der Waals surface area contributed by atoms with Gasteiger partial charge in [-0.05, 0) is 55.9 Å². The first-order valence-electron chi connectivity index (χ1n) is 9.43. The lowest BCUT2D eigenvalue weighted by molar-refractivity contribution is -0.211. The van der Waals surface area contributed by atoms with Crippen LogP contribution in [0.5, 0.6) is 0 Å². The molecular formula is C19H20F4N4O2. The highest BCUT2D eigenvalue weighted by Gasteiger charge is 2.54. The molecule has 2 N–H and O–H groups in total. The van der Waals surface area contributed by atoms with Gasteiger partial charge in [-0.15, -0.1) is 0 Å². The van der Waals surface area contributed by atoms with Crippen molar-refractivity contribution in [1.82, 2.24) is 20.1 Å². The van der Waals surface area contributed by atoms with Gasteiger partial charge in [-0.2, -0.15) is 18.3 Å². The Bertz CT molecular complexity index is 884. The summed E-state index contributed by atoms with van der Waals surface area (Å²) in [5.41, 5.74) is 0.467. The lowest BCUT2D eigenvalue weighted by atomic mass is 9.81. The molecule has 0 bridgehead atoms. The lowest BCUT2D eigenvalue weighted by Gasteiger charge is -2.36. The molecule has 1 aliphatic heterocycles. The molecule has 1 aliphatic carbocycles. The molecule has 10 heteroatoms. The molecular weight excluding hydrogens is 392 g/mol. The minimum Gasteiger partial charge on any atom is -0.376 e. The summed E-state index contributed by atoms with van der Waals surface area (Å²) in [6.45, 7) is 0.328. The van der Waals surface area contributed by atoms with E-state index < -0.39 is 18.2 Å². The summed E-state index contributed by atoms with van der Waals surface area (Å²) >= 11 is 0. The number of H-pyrrole nitrogens is 1. The summed E-state index contributed by atoms with van der Waals surface area (Å²) < 4.78 is 50.8. The molecule has 1 aromatic heterocycles. The molecule has 6 nitrogen and oxygen atoms in total. The van der Waals surface area contributed by atoms with Crippen molar-refractivity contribution in [2.24, 2.45) is 5.92 Å². The second kappa shape index (κ2) is 7.08. The van der Waals surface area contributed by atoms with Crippen molar-refractivity contribution >= 4 is 5.91 Å². The number of halogens is 4. The van der Waals surface area contributed by atoms with Gasteiger partial charge in [0.05, 0.1) is 0 Å². The van der Waals surface area contributed by atoms with Gasteiger partial charge in [0, 0.05) is 24.1 Å². The van der Waals surface area contributed by atoms with Crippen molar-refractivity contribution in [1.29, 1.82) is 0 Å². The number of benzene rings is 1. The van der Waals surface area contributed by atoms with E-state index in [-0.39, 0.29) is 30.2 Å². The zero-order valence-electron chi connectivity index (χ0n) is 15.4. The fraction of sp³-hybridized carbons (Fsp3) is 0.526. The Morgan fingerprint density at radius 1 is 1.21 bits per heavy atom. The van der Waals surface area contributed by atoms with Gasteiger partial charge in [0.2, 0.25) is 6.10 Å². The van der Waals surface area contributed by atoms with Crippen LogP contribution in [-0.2, 0) is 10.2 Å². The van der Waals surface area contributed by atoms with Crippen molar-refractivity contribution in [3.63, 3.8) is 0 Å².